The van der Waals surface area contributed by atoms with Gasteiger partial charge in [0.25, 0.3) is 0 Å². The van der Waals surface area contributed by atoms with E-state index in [0.717, 1.165) is 43.2 Å². The Labute approximate surface area is 149 Å². The van der Waals surface area contributed by atoms with Crippen LogP contribution in [0.1, 0.15) is 31.4 Å². The van der Waals surface area contributed by atoms with Crippen molar-refractivity contribution in [2.45, 2.75) is 25.9 Å². The highest BCUT2D eigenvalue weighted by molar-refractivity contribution is 14.0. The number of aliphatic hydroxyl groups excluding tert-OH is 1. The van der Waals surface area contributed by atoms with Crippen LogP contribution in [-0.4, -0.2) is 42.7 Å². The Morgan fingerprint density at radius 3 is 2.50 bits per heavy atom. The number of hydrogen-bond donors (Lipinski definition) is 2. The van der Waals surface area contributed by atoms with Crippen molar-refractivity contribution in [2.75, 3.05) is 26.7 Å². The second-order valence-electron chi connectivity index (χ2n) is 5.66. The molecule has 1 atom stereocenters. The van der Waals surface area contributed by atoms with Crippen molar-refractivity contribution in [2.24, 2.45) is 16.6 Å². The van der Waals surface area contributed by atoms with E-state index < -0.39 is 6.10 Å². The fourth-order valence-corrected chi connectivity index (χ4v) is 2.45. The average Bonchev–Trinajstić information content (AvgIpc) is 2.53. The number of piperidine rings is 1. The normalized spacial score (nSPS) is 17.8. The molecule has 5 nitrogen and oxygen atoms in total. The lowest BCUT2D eigenvalue weighted by atomic mass is 10.00. The number of likely N-dealkylation sites (tertiary alicyclic amines) is 1. The summed E-state index contributed by atoms with van der Waals surface area (Å²) in [6.45, 7) is 4.45. The predicted octanol–water partition coefficient (Wildman–Crippen LogP) is 2.39. The summed E-state index contributed by atoms with van der Waals surface area (Å²) in [4.78, 5) is 6.43. The minimum Gasteiger partial charge on any atom is -0.497 e. The van der Waals surface area contributed by atoms with Crippen LogP contribution in [0.3, 0.4) is 0 Å². The second kappa shape index (κ2) is 9.19. The molecule has 124 valence electrons. The molecule has 0 radical (unpaired) electrons. The van der Waals surface area contributed by atoms with Gasteiger partial charge in [0, 0.05) is 13.1 Å². The first-order valence-corrected chi connectivity index (χ1v) is 7.47. The van der Waals surface area contributed by atoms with Crippen LogP contribution in [0.15, 0.2) is 29.3 Å². The summed E-state index contributed by atoms with van der Waals surface area (Å²) in [5, 5.41) is 10.2. The van der Waals surface area contributed by atoms with E-state index in [2.05, 4.69) is 16.8 Å². The molecule has 1 fully saturated rings. The van der Waals surface area contributed by atoms with Gasteiger partial charge in [0.15, 0.2) is 5.96 Å². The van der Waals surface area contributed by atoms with Crippen molar-refractivity contribution in [3.05, 3.63) is 29.8 Å². The number of aliphatic imine (C=N–C) groups is 1. The lowest BCUT2D eigenvalue weighted by Crippen LogP contribution is -2.42. The van der Waals surface area contributed by atoms with Crippen molar-refractivity contribution in [1.82, 2.24) is 4.90 Å². The maximum atomic E-state index is 10.2. The number of halogens is 1. The Morgan fingerprint density at radius 1 is 1.36 bits per heavy atom. The molecule has 0 bridgehead atoms. The van der Waals surface area contributed by atoms with Crippen molar-refractivity contribution in [3.8, 4) is 5.75 Å². The lowest BCUT2D eigenvalue weighted by Gasteiger charge is -2.31. The molecular formula is C16H26IN3O2. The Hall–Kier alpha value is -1.02. The monoisotopic (exact) mass is 419 g/mol. The molecule has 0 aromatic heterocycles. The van der Waals surface area contributed by atoms with Crippen LogP contribution in [0.4, 0.5) is 0 Å². The third kappa shape index (κ3) is 5.31. The minimum absolute atomic E-state index is 0. The first-order chi connectivity index (χ1) is 10.1. The SMILES string of the molecule is COc1ccc(C(O)CN=C(N)N2CCC(C)CC2)cc1.I. The van der Waals surface area contributed by atoms with E-state index in [-0.39, 0.29) is 30.5 Å². The van der Waals surface area contributed by atoms with E-state index in [1.165, 1.54) is 0 Å². The molecule has 0 aliphatic carbocycles. The number of methoxy groups -OCH3 is 1. The van der Waals surface area contributed by atoms with E-state index in [0.29, 0.717) is 5.96 Å². The van der Waals surface area contributed by atoms with Crippen LogP contribution in [0, 0.1) is 5.92 Å². The van der Waals surface area contributed by atoms with Gasteiger partial charge >= 0.3 is 0 Å². The highest BCUT2D eigenvalue weighted by Gasteiger charge is 2.17. The molecule has 6 heteroatoms. The number of ether oxygens (including phenoxy) is 1. The van der Waals surface area contributed by atoms with Gasteiger partial charge in [-0.2, -0.15) is 0 Å². The molecule has 1 saturated heterocycles. The van der Waals surface area contributed by atoms with Crippen LogP contribution < -0.4 is 10.5 Å². The van der Waals surface area contributed by atoms with E-state index in [1.54, 1.807) is 7.11 Å². The van der Waals surface area contributed by atoms with Gasteiger partial charge < -0.3 is 20.5 Å². The highest BCUT2D eigenvalue weighted by Crippen LogP contribution is 2.18. The zero-order valence-corrected chi connectivity index (χ0v) is 15.6. The minimum atomic E-state index is -0.641. The first kappa shape index (κ1) is 19.0. The van der Waals surface area contributed by atoms with Gasteiger partial charge in [-0.3, -0.25) is 4.99 Å². The predicted molar refractivity (Wildman–Crippen MR) is 99.8 cm³/mol. The molecule has 1 aliphatic heterocycles. The molecule has 0 spiro atoms. The van der Waals surface area contributed by atoms with E-state index >= 15 is 0 Å². The molecule has 1 aromatic rings. The molecule has 1 aromatic carbocycles. The smallest absolute Gasteiger partial charge is 0.191 e. The van der Waals surface area contributed by atoms with E-state index in [1.807, 2.05) is 24.3 Å². The van der Waals surface area contributed by atoms with Gasteiger partial charge in [0.2, 0.25) is 0 Å². The van der Waals surface area contributed by atoms with Crippen molar-refractivity contribution in [3.63, 3.8) is 0 Å². The van der Waals surface area contributed by atoms with Crippen LogP contribution in [0.2, 0.25) is 0 Å². The molecule has 22 heavy (non-hydrogen) atoms. The standard InChI is InChI=1S/C16H25N3O2.HI/c1-12-7-9-19(10-8-12)16(17)18-11-15(20)13-3-5-14(21-2)6-4-13;/h3-6,12,15,20H,7-11H2,1-2H3,(H2,17,18);1H. The van der Waals surface area contributed by atoms with Gasteiger partial charge in [-0.25, -0.2) is 0 Å². The van der Waals surface area contributed by atoms with Crippen LogP contribution in [-0.2, 0) is 0 Å². The highest BCUT2D eigenvalue weighted by atomic mass is 127. The maximum absolute atomic E-state index is 10.2. The summed E-state index contributed by atoms with van der Waals surface area (Å²) in [5.41, 5.74) is 6.83. The summed E-state index contributed by atoms with van der Waals surface area (Å²) in [6, 6.07) is 7.35. The molecule has 1 heterocycles. The molecule has 1 unspecified atom stereocenters. The zero-order chi connectivity index (χ0) is 15.2. The Balaban J connectivity index is 0.00000242. The summed E-state index contributed by atoms with van der Waals surface area (Å²) < 4.78 is 5.10. The fraction of sp³-hybridized carbons (Fsp3) is 0.562. The summed E-state index contributed by atoms with van der Waals surface area (Å²) in [5.74, 6) is 2.07. The Kier molecular flexibility index (Phi) is 7.95. The Bertz CT molecular complexity index is 471. The van der Waals surface area contributed by atoms with Crippen LogP contribution in [0.25, 0.3) is 0 Å². The molecule has 0 amide bonds. The van der Waals surface area contributed by atoms with Gasteiger partial charge in [-0.15, -0.1) is 24.0 Å². The quantitative estimate of drug-likeness (QED) is 0.447. The number of aliphatic hydroxyl groups is 1. The molecule has 3 N–H and O–H groups in total. The summed E-state index contributed by atoms with van der Waals surface area (Å²) in [6.07, 6.45) is 1.66. The van der Waals surface area contributed by atoms with Gasteiger partial charge in [-0.05, 0) is 36.5 Å². The zero-order valence-electron chi connectivity index (χ0n) is 13.2. The maximum Gasteiger partial charge on any atom is 0.191 e. The van der Waals surface area contributed by atoms with Crippen LogP contribution >= 0.6 is 24.0 Å². The molecule has 2 rings (SSSR count). The average molecular weight is 419 g/mol. The van der Waals surface area contributed by atoms with E-state index in [9.17, 15) is 5.11 Å². The number of hydrogen-bond acceptors (Lipinski definition) is 3. The Morgan fingerprint density at radius 2 is 1.95 bits per heavy atom. The first-order valence-electron chi connectivity index (χ1n) is 7.47. The van der Waals surface area contributed by atoms with Crippen LogP contribution in [0.5, 0.6) is 5.75 Å². The number of benzene rings is 1. The molecular weight excluding hydrogens is 393 g/mol. The number of guanidine groups is 1. The van der Waals surface area contributed by atoms with Gasteiger partial charge in [-0.1, -0.05) is 19.1 Å². The number of nitrogens with two attached hydrogens (primary N) is 1. The fourth-order valence-electron chi connectivity index (χ4n) is 2.45. The third-order valence-electron chi connectivity index (χ3n) is 4.03. The molecule has 0 saturated carbocycles. The van der Waals surface area contributed by atoms with Crippen molar-refractivity contribution in [1.29, 1.82) is 0 Å². The van der Waals surface area contributed by atoms with Crippen molar-refractivity contribution < 1.29 is 9.84 Å². The lowest BCUT2D eigenvalue weighted by molar-refractivity contribution is 0.186. The van der Waals surface area contributed by atoms with Crippen molar-refractivity contribution >= 4 is 29.9 Å². The van der Waals surface area contributed by atoms with Gasteiger partial charge in [0.1, 0.15) is 5.75 Å². The number of rotatable bonds is 4. The summed E-state index contributed by atoms with van der Waals surface area (Å²) >= 11 is 0. The number of nitrogens with zero attached hydrogens (tertiary/aromatic N) is 2. The topological polar surface area (TPSA) is 71.1 Å². The third-order valence-corrected chi connectivity index (χ3v) is 4.03. The van der Waals surface area contributed by atoms with Gasteiger partial charge in [0.05, 0.1) is 19.8 Å². The second-order valence-corrected chi connectivity index (χ2v) is 5.66. The van der Waals surface area contributed by atoms with E-state index in [4.69, 9.17) is 10.5 Å². The molecule has 1 aliphatic rings. The summed E-state index contributed by atoms with van der Waals surface area (Å²) in [7, 11) is 1.62. The largest absolute Gasteiger partial charge is 0.497 e.